The Hall–Kier alpha value is -2.04. The summed E-state index contributed by atoms with van der Waals surface area (Å²) in [4.78, 5) is 12.7. The molecule has 0 aromatic heterocycles. The van der Waals surface area contributed by atoms with Crippen molar-refractivity contribution in [2.45, 2.75) is 5.79 Å². The Labute approximate surface area is 117 Å². The third-order valence-electron chi connectivity index (χ3n) is 3.13. The Morgan fingerprint density at radius 2 is 1.50 bits per heavy atom. The van der Waals surface area contributed by atoms with Crippen molar-refractivity contribution < 1.29 is 18.7 Å². The van der Waals surface area contributed by atoms with Crippen LogP contribution >= 0.6 is 0 Å². The molecule has 0 radical (unpaired) electrons. The van der Waals surface area contributed by atoms with Gasteiger partial charge < -0.3 is 9.47 Å². The number of ether oxygens (including phenoxy) is 2. The zero-order valence-electron chi connectivity index (χ0n) is 11.3. The van der Waals surface area contributed by atoms with E-state index in [2.05, 4.69) is 0 Å². The van der Waals surface area contributed by atoms with Crippen molar-refractivity contribution in [2.24, 2.45) is 0 Å². The van der Waals surface area contributed by atoms with Gasteiger partial charge in [0.15, 0.2) is 0 Å². The van der Waals surface area contributed by atoms with E-state index in [0.29, 0.717) is 11.1 Å². The Morgan fingerprint density at radius 3 is 2.00 bits per heavy atom. The molecule has 0 amide bonds. The number of Topliss-reactive ketones (excluding diaryl/α,β-unsaturated/α-hetero) is 1. The molecule has 0 aliphatic carbocycles. The molecular weight excluding hydrogens is 259 g/mol. The molecule has 0 unspecified atom stereocenters. The fourth-order valence-corrected chi connectivity index (χ4v) is 2.08. The lowest BCUT2D eigenvalue weighted by molar-refractivity contribution is -0.176. The molecule has 0 heterocycles. The lowest BCUT2D eigenvalue weighted by Crippen LogP contribution is -2.40. The van der Waals surface area contributed by atoms with Crippen LogP contribution in [0.3, 0.4) is 0 Å². The maximum Gasteiger partial charge on any atom is 0.260 e. The summed E-state index contributed by atoms with van der Waals surface area (Å²) in [7, 11) is 2.77. The van der Waals surface area contributed by atoms with Crippen molar-refractivity contribution >= 4 is 5.78 Å². The first-order valence-corrected chi connectivity index (χ1v) is 6.10. The van der Waals surface area contributed by atoms with Crippen LogP contribution in [0.1, 0.15) is 15.9 Å². The van der Waals surface area contributed by atoms with Gasteiger partial charge in [-0.2, -0.15) is 0 Å². The van der Waals surface area contributed by atoms with Crippen molar-refractivity contribution in [3.8, 4) is 0 Å². The predicted octanol–water partition coefficient (Wildman–Crippen LogP) is 3.15. The number of rotatable bonds is 5. The molecule has 20 heavy (non-hydrogen) atoms. The number of halogens is 1. The zero-order chi connectivity index (χ0) is 14.6. The number of methoxy groups -OCH3 is 2. The molecule has 2 aromatic carbocycles. The van der Waals surface area contributed by atoms with E-state index in [4.69, 9.17) is 9.47 Å². The van der Waals surface area contributed by atoms with E-state index in [1.54, 1.807) is 24.3 Å². The van der Waals surface area contributed by atoms with E-state index in [9.17, 15) is 9.18 Å². The number of carbonyl (C=O) groups is 1. The van der Waals surface area contributed by atoms with Crippen molar-refractivity contribution in [2.75, 3.05) is 14.2 Å². The second-order valence-electron chi connectivity index (χ2n) is 4.23. The molecule has 2 aromatic rings. The Morgan fingerprint density at radius 1 is 0.950 bits per heavy atom. The summed E-state index contributed by atoms with van der Waals surface area (Å²) in [6.07, 6.45) is 0. The van der Waals surface area contributed by atoms with Gasteiger partial charge in [0.2, 0.25) is 5.78 Å². The molecule has 0 N–H and O–H groups in total. The zero-order valence-corrected chi connectivity index (χ0v) is 11.3. The van der Waals surface area contributed by atoms with Gasteiger partial charge >= 0.3 is 0 Å². The van der Waals surface area contributed by atoms with Gasteiger partial charge in [-0.25, -0.2) is 4.39 Å². The monoisotopic (exact) mass is 274 g/mol. The first-order valence-electron chi connectivity index (χ1n) is 6.10. The van der Waals surface area contributed by atoms with E-state index >= 15 is 0 Å². The minimum Gasteiger partial charge on any atom is -0.343 e. The normalized spacial score (nSPS) is 11.3. The van der Waals surface area contributed by atoms with Gasteiger partial charge in [0.25, 0.3) is 5.79 Å². The lowest BCUT2D eigenvalue weighted by Gasteiger charge is -2.29. The summed E-state index contributed by atoms with van der Waals surface area (Å²) in [5, 5.41) is 0. The van der Waals surface area contributed by atoms with Crippen LogP contribution in [-0.4, -0.2) is 20.0 Å². The highest BCUT2D eigenvalue weighted by molar-refractivity contribution is 6.02. The SMILES string of the molecule is COC(OC)(C(=O)c1ccccc1)c1ccc(F)cc1. The highest BCUT2D eigenvalue weighted by Gasteiger charge is 2.41. The number of carbonyl (C=O) groups excluding carboxylic acids is 1. The molecule has 0 saturated heterocycles. The highest BCUT2D eigenvalue weighted by atomic mass is 19.1. The Kier molecular flexibility index (Phi) is 4.27. The van der Waals surface area contributed by atoms with Crippen molar-refractivity contribution in [3.05, 3.63) is 71.5 Å². The molecule has 0 spiro atoms. The summed E-state index contributed by atoms with van der Waals surface area (Å²) in [5.41, 5.74) is 0.901. The highest BCUT2D eigenvalue weighted by Crippen LogP contribution is 2.30. The second kappa shape index (κ2) is 5.94. The Balaban J connectivity index is 2.49. The summed E-state index contributed by atoms with van der Waals surface area (Å²) >= 11 is 0. The minimum atomic E-state index is -1.57. The average molecular weight is 274 g/mol. The first-order chi connectivity index (χ1) is 9.64. The molecule has 104 valence electrons. The van der Waals surface area contributed by atoms with Crippen LogP contribution in [0.15, 0.2) is 54.6 Å². The molecular formula is C16H15FO3. The number of hydrogen-bond acceptors (Lipinski definition) is 3. The van der Waals surface area contributed by atoms with E-state index < -0.39 is 5.79 Å². The molecule has 0 bridgehead atoms. The van der Waals surface area contributed by atoms with Crippen molar-refractivity contribution in [1.82, 2.24) is 0 Å². The van der Waals surface area contributed by atoms with Crippen LogP contribution in [0, 0.1) is 5.82 Å². The third kappa shape index (κ3) is 2.48. The maximum absolute atomic E-state index is 13.0. The molecule has 0 aliphatic rings. The van der Waals surface area contributed by atoms with Crippen LogP contribution in [-0.2, 0) is 15.3 Å². The van der Waals surface area contributed by atoms with E-state index in [1.165, 1.54) is 38.5 Å². The van der Waals surface area contributed by atoms with Crippen LogP contribution in [0.4, 0.5) is 4.39 Å². The van der Waals surface area contributed by atoms with Crippen molar-refractivity contribution in [3.63, 3.8) is 0 Å². The fourth-order valence-electron chi connectivity index (χ4n) is 2.08. The first kappa shape index (κ1) is 14.4. The van der Waals surface area contributed by atoms with Gasteiger partial charge in [0.05, 0.1) is 0 Å². The van der Waals surface area contributed by atoms with Gasteiger partial charge in [-0.3, -0.25) is 4.79 Å². The van der Waals surface area contributed by atoms with E-state index in [-0.39, 0.29) is 11.6 Å². The van der Waals surface area contributed by atoms with Crippen LogP contribution < -0.4 is 0 Å². The molecule has 0 saturated carbocycles. The number of hydrogen-bond donors (Lipinski definition) is 0. The minimum absolute atomic E-state index is 0.338. The van der Waals surface area contributed by atoms with E-state index in [0.717, 1.165) is 0 Å². The smallest absolute Gasteiger partial charge is 0.260 e. The van der Waals surface area contributed by atoms with Gasteiger partial charge in [-0.1, -0.05) is 42.5 Å². The summed E-state index contributed by atoms with van der Waals surface area (Å²) in [6.45, 7) is 0. The summed E-state index contributed by atoms with van der Waals surface area (Å²) in [6, 6.07) is 14.2. The molecule has 2 rings (SSSR count). The van der Waals surface area contributed by atoms with Gasteiger partial charge in [0, 0.05) is 25.3 Å². The molecule has 0 fully saturated rings. The largest absolute Gasteiger partial charge is 0.343 e. The van der Waals surface area contributed by atoms with E-state index in [1.807, 2.05) is 6.07 Å². The Bertz CT molecular complexity index is 574. The quantitative estimate of drug-likeness (QED) is 0.620. The van der Waals surface area contributed by atoms with Crippen LogP contribution in [0.25, 0.3) is 0 Å². The standard InChI is InChI=1S/C16H15FO3/c1-19-16(20-2,13-8-10-14(17)11-9-13)15(18)12-6-4-3-5-7-12/h3-11H,1-2H3. The lowest BCUT2D eigenvalue weighted by atomic mass is 9.96. The molecule has 0 atom stereocenters. The topological polar surface area (TPSA) is 35.5 Å². The average Bonchev–Trinajstić information content (AvgIpc) is 2.51. The molecule has 0 aliphatic heterocycles. The number of benzene rings is 2. The van der Waals surface area contributed by atoms with Gasteiger partial charge in [-0.15, -0.1) is 0 Å². The van der Waals surface area contributed by atoms with Crippen LogP contribution in [0.2, 0.25) is 0 Å². The fraction of sp³-hybridized carbons (Fsp3) is 0.188. The van der Waals surface area contributed by atoms with Crippen LogP contribution in [0.5, 0.6) is 0 Å². The third-order valence-corrected chi connectivity index (χ3v) is 3.13. The van der Waals surface area contributed by atoms with Gasteiger partial charge in [-0.05, 0) is 12.1 Å². The van der Waals surface area contributed by atoms with Gasteiger partial charge in [0.1, 0.15) is 5.82 Å². The molecule has 3 nitrogen and oxygen atoms in total. The summed E-state index contributed by atoms with van der Waals surface area (Å²) < 4.78 is 23.7. The number of ketones is 1. The maximum atomic E-state index is 13.0. The summed E-state index contributed by atoms with van der Waals surface area (Å²) in [5.74, 6) is -2.30. The molecule has 4 heteroatoms. The second-order valence-corrected chi connectivity index (χ2v) is 4.23. The predicted molar refractivity (Wildman–Crippen MR) is 72.9 cm³/mol. The van der Waals surface area contributed by atoms with Crippen molar-refractivity contribution in [1.29, 1.82) is 0 Å².